The van der Waals surface area contributed by atoms with Gasteiger partial charge in [-0.05, 0) is 0 Å². The van der Waals surface area contributed by atoms with Crippen molar-refractivity contribution in [3.8, 4) is 0 Å². The van der Waals surface area contributed by atoms with Crippen molar-refractivity contribution in [2.75, 3.05) is 18.0 Å². The number of aliphatic carboxylic acids is 2. The van der Waals surface area contributed by atoms with Gasteiger partial charge in [0.15, 0.2) is 0 Å². The Morgan fingerprint density at radius 3 is 2.27 bits per heavy atom. The summed E-state index contributed by atoms with van der Waals surface area (Å²) in [5, 5.41) is 22.7. The quantitative estimate of drug-likeness (QED) is 0.286. The van der Waals surface area contributed by atoms with Crippen LogP contribution in [0.3, 0.4) is 0 Å². The molecular weight excluding hydrogens is 516 g/mol. The summed E-state index contributed by atoms with van der Waals surface area (Å²) in [5.41, 5.74) is 2.01. The number of halogens is 2. The van der Waals surface area contributed by atoms with Crippen LogP contribution in [0.2, 0.25) is 10.0 Å². The van der Waals surface area contributed by atoms with Gasteiger partial charge < -0.3 is 0 Å². The number of fused-ring (bicyclic) bond motifs is 1. The van der Waals surface area contributed by atoms with Crippen molar-refractivity contribution >= 4 is 77.3 Å². The van der Waals surface area contributed by atoms with Gasteiger partial charge >= 0.3 is 236 Å². The molecule has 0 unspecified atom stereocenters. The van der Waals surface area contributed by atoms with E-state index >= 15 is 0 Å². The SMILES string of the molecule is O=C([O-])CN(CC(=O)[O-])c1cccc(C=Cc2nc3cc(Cl)c(Cl)cc3[se]2)c1.[Na+].[Na+]. The van der Waals surface area contributed by atoms with Gasteiger partial charge in [0.2, 0.25) is 0 Å². The zero-order valence-corrected chi connectivity index (χ0v) is 23.4. The van der Waals surface area contributed by atoms with Crippen molar-refractivity contribution in [3.05, 3.63) is 56.6 Å². The number of anilines is 1. The second-order valence-electron chi connectivity index (χ2n) is 5.81. The van der Waals surface area contributed by atoms with Crippen molar-refractivity contribution in [2.45, 2.75) is 0 Å². The first-order valence-electron chi connectivity index (χ1n) is 8.00. The molecule has 6 nitrogen and oxygen atoms in total. The molecule has 0 N–H and O–H groups in total. The predicted octanol–water partition coefficient (Wildman–Crippen LogP) is -4.92. The Bertz CT molecular complexity index is 1040. The second-order valence-corrected chi connectivity index (χ2v) is 8.86. The molecule has 0 bridgehead atoms. The van der Waals surface area contributed by atoms with Gasteiger partial charge in [0.25, 0.3) is 0 Å². The molecule has 144 valence electrons. The van der Waals surface area contributed by atoms with Crippen LogP contribution in [-0.2, 0) is 9.59 Å². The molecular formula is C19H12Cl2N2Na2O4Se. The van der Waals surface area contributed by atoms with E-state index in [0.717, 1.165) is 19.9 Å². The molecule has 0 fully saturated rings. The minimum absolute atomic E-state index is 0. The topological polar surface area (TPSA) is 96.4 Å². The molecule has 1 aromatic heterocycles. The van der Waals surface area contributed by atoms with Crippen molar-refractivity contribution in [3.63, 3.8) is 0 Å². The molecule has 2 aromatic carbocycles. The van der Waals surface area contributed by atoms with Crippen LogP contribution in [0.5, 0.6) is 0 Å². The fourth-order valence-corrected chi connectivity index (χ4v) is 4.89. The summed E-state index contributed by atoms with van der Waals surface area (Å²) in [6, 6.07) is 10.4. The van der Waals surface area contributed by atoms with E-state index < -0.39 is 25.0 Å². The second kappa shape index (κ2) is 12.7. The molecule has 0 atom stereocenters. The number of nitrogens with zero attached hydrogens (tertiary/aromatic N) is 2. The predicted molar refractivity (Wildman–Crippen MR) is 106 cm³/mol. The van der Waals surface area contributed by atoms with Gasteiger partial charge in [-0.25, -0.2) is 0 Å². The van der Waals surface area contributed by atoms with E-state index in [2.05, 4.69) is 4.98 Å². The summed E-state index contributed by atoms with van der Waals surface area (Å²) < 4.78 is 1.93. The Labute approximate surface area is 233 Å². The number of carbonyl (C=O) groups excluding carboxylic acids is 2. The Hall–Kier alpha value is -0.311. The van der Waals surface area contributed by atoms with Gasteiger partial charge in [-0.1, -0.05) is 0 Å². The van der Waals surface area contributed by atoms with Gasteiger partial charge in [-0.3, -0.25) is 0 Å². The average molecular weight is 528 g/mol. The van der Waals surface area contributed by atoms with Gasteiger partial charge in [-0.15, -0.1) is 0 Å². The molecule has 30 heavy (non-hydrogen) atoms. The van der Waals surface area contributed by atoms with Crippen molar-refractivity contribution in [1.82, 2.24) is 4.98 Å². The molecule has 0 aliphatic carbocycles. The van der Waals surface area contributed by atoms with Crippen LogP contribution in [0.15, 0.2) is 36.4 Å². The molecule has 0 spiro atoms. The van der Waals surface area contributed by atoms with E-state index in [4.69, 9.17) is 23.2 Å². The first-order chi connectivity index (χ1) is 13.3. The van der Waals surface area contributed by atoms with Crippen molar-refractivity contribution in [2.24, 2.45) is 0 Å². The maximum absolute atomic E-state index is 10.9. The number of hydrogen-bond acceptors (Lipinski definition) is 6. The first kappa shape index (κ1) is 27.7. The summed E-state index contributed by atoms with van der Waals surface area (Å²) in [5.74, 6) is -2.75. The van der Waals surface area contributed by atoms with Crippen molar-refractivity contribution < 1.29 is 78.9 Å². The smallest absolute Gasteiger partial charge is 1.00 e. The largest absolute Gasteiger partial charge is 1.00 e. The fraction of sp³-hybridized carbons (Fsp3) is 0.105. The van der Waals surface area contributed by atoms with Crippen LogP contribution in [0, 0.1) is 0 Å². The molecule has 11 heteroatoms. The van der Waals surface area contributed by atoms with Gasteiger partial charge in [0, 0.05) is 0 Å². The van der Waals surface area contributed by atoms with Crippen LogP contribution in [-0.4, -0.2) is 44.5 Å². The third-order valence-corrected chi connectivity index (χ3v) is 6.53. The van der Waals surface area contributed by atoms with Crippen LogP contribution in [0.4, 0.5) is 5.69 Å². The number of carbonyl (C=O) groups is 2. The van der Waals surface area contributed by atoms with E-state index in [1.165, 1.54) is 4.90 Å². The van der Waals surface area contributed by atoms with E-state index in [0.29, 0.717) is 15.7 Å². The van der Waals surface area contributed by atoms with E-state index in [9.17, 15) is 19.8 Å². The molecule has 0 amide bonds. The molecule has 0 saturated heterocycles. The number of hydrogen-bond donors (Lipinski definition) is 0. The monoisotopic (exact) mass is 528 g/mol. The van der Waals surface area contributed by atoms with Crippen LogP contribution < -0.4 is 74.2 Å². The zero-order valence-electron chi connectivity index (χ0n) is 16.2. The number of rotatable bonds is 7. The third kappa shape index (κ3) is 7.68. The number of benzene rings is 2. The Balaban J connectivity index is 0.00000225. The molecule has 3 aromatic rings. The summed E-state index contributed by atoms with van der Waals surface area (Å²) in [7, 11) is 0. The maximum atomic E-state index is 10.9. The average Bonchev–Trinajstić information content (AvgIpc) is 3.01. The molecule has 3 rings (SSSR count). The maximum Gasteiger partial charge on any atom is 1.00 e. The Morgan fingerprint density at radius 2 is 1.63 bits per heavy atom. The Kier molecular flexibility index (Phi) is 11.7. The molecule has 0 radical (unpaired) electrons. The third-order valence-electron chi connectivity index (χ3n) is 3.74. The number of aromatic nitrogens is 1. The molecule has 1 heterocycles. The van der Waals surface area contributed by atoms with Crippen molar-refractivity contribution in [1.29, 1.82) is 0 Å². The van der Waals surface area contributed by atoms with Crippen LogP contribution in [0.25, 0.3) is 21.9 Å². The standard InChI is InChI=1S/C19H14Cl2N2O4Se.2Na/c20-13-7-15-16(8-14(13)21)28-17(22-15)5-4-11-2-1-3-12(6-11)23(9-18(24)25)10-19(26)27;;/h1-8H,9-10H2,(H,24,25)(H,26,27);;/q;2*+1/p-2. The van der Waals surface area contributed by atoms with E-state index in [1.54, 1.807) is 24.3 Å². The fourth-order valence-electron chi connectivity index (χ4n) is 2.56. The summed E-state index contributed by atoms with van der Waals surface area (Å²) in [4.78, 5) is 27.5. The first-order valence-corrected chi connectivity index (χ1v) is 10.5. The van der Waals surface area contributed by atoms with Gasteiger partial charge in [0.1, 0.15) is 0 Å². The summed E-state index contributed by atoms with van der Waals surface area (Å²) in [6.07, 6.45) is 3.69. The van der Waals surface area contributed by atoms with Gasteiger partial charge in [-0.2, -0.15) is 0 Å². The van der Waals surface area contributed by atoms with E-state index in [-0.39, 0.29) is 73.6 Å². The summed E-state index contributed by atoms with van der Waals surface area (Å²) >= 11 is 12.1. The minimum atomic E-state index is -1.37. The normalized spacial score (nSPS) is 10.5. The Morgan fingerprint density at radius 1 is 1.00 bits per heavy atom. The molecule has 0 saturated carbocycles. The van der Waals surface area contributed by atoms with Crippen LogP contribution >= 0.6 is 23.2 Å². The molecule has 0 aliphatic heterocycles. The molecule has 0 aliphatic rings. The zero-order chi connectivity index (χ0) is 20.3. The van der Waals surface area contributed by atoms with Gasteiger partial charge in [0.05, 0.1) is 0 Å². The van der Waals surface area contributed by atoms with E-state index in [1.807, 2.05) is 24.3 Å². The number of carboxylic acid groups (broad SMARTS) is 2. The minimum Gasteiger partial charge on any atom is 1.00 e. The number of carboxylic acids is 2. The van der Waals surface area contributed by atoms with Crippen LogP contribution in [0.1, 0.15) is 10.1 Å². The summed E-state index contributed by atoms with van der Waals surface area (Å²) in [6.45, 7) is -1.10.